The van der Waals surface area contributed by atoms with E-state index in [-0.39, 0.29) is 11.0 Å². The van der Waals surface area contributed by atoms with E-state index in [9.17, 15) is 23.1 Å². The van der Waals surface area contributed by atoms with Crippen LogP contribution in [0.25, 0.3) is 16.7 Å². The summed E-state index contributed by atoms with van der Waals surface area (Å²) in [6.45, 7) is 1.90. The second-order valence-electron chi connectivity index (χ2n) is 5.81. The van der Waals surface area contributed by atoms with Crippen molar-refractivity contribution in [3.05, 3.63) is 45.9 Å². The number of rotatable bonds is 4. The number of nitrogens with one attached hydrogen (secondary N) is 1. The van der Waals surface area contributed by atoms with Gasteiger partial charge in [0, 0.05) is 6.07 Å². The van der Waals surface area contributed by atoms with Gasteiger partial charge in [-0.05, 0) is 30.2 Å². The first-order valence-electron chi connectivity index (χ1n) is 8.02. The number of phenols is 1. The quantitative estimate of drug-likeness (QED) is 0.723. The van der Waals surface area contributed by atoms with Crippen molar-refractivity contribution in [3.63, 3.8) is 0 Å². The Hall–Kier alpha value is -3.10. The molecule has 1 aromatic heterocycles. The van der Waals surface area contributed by atoms with Gasteiger partial charge < -0.3 is 19.6 Å². The molecule has 9 heteroatoms. The summed E-state index contributed by atoms with van der Waals surface area (Å²) in [5, 5.41) is 10.0. The van der Waals surface area contributed by atoms with Crippen LogP contribution in [0.1, 0.15) is 18.1 Å². The van der Waals surface area contributed by atoms with Gasteiger partial charge in [-0.25, -0.2) is 4.79 Å². The fraction of sp³-hybridized carbons (Fsp3) is 0.278. The highest BCUT2D eigenvalue weighted by Gasteiger charge is 2.35. The second kappa shape index (κ2) is 6.57. The maximum atomic E-state index is 13.0. The maximum Gasteiger partial charge on any atom is 0.420 e. The summed E-state index contributed by atoms with van der Waals surface area (Å²) in [5.74, 6) is -0.168. The number of imidazole rings is 1. The summed E-state index contributed by atoms with van der Waals surface area (Å²) in [5.41, 5.74) is -1.03. The van der Waals surface area contributed by atoms with Crippen LogP contribution in [0.4, 0.5) is 13.2 Å². The normalized spacial score (nSPS) is 11.8. The number of hydrogen-bond donors (Lipinski definition) is 2. The Morgan fingerprint density at radius 1 is 1.15 bits per heavy atom. The fourth-order valence-electron chi connectivity index (χ4n) is 3.03. The van der Waals surface area contributed by atoms with Crippen LogP contribution < -0.4 is 15.2 Å². The van der Waals surface area contributed by atoms with E-state index in [0.717, 1.165) is 22.3 Å². The highest BCUT2D eigenvalue weighted by atomic mass is 19.4. The Labute approximate surface area is 151 Å². The molecule has 0 saturated carbocycles. The van der Waals surface area contributed by atoms with Gasteiger partial charge in [0.1, 0.15) is 17.0 Å². The standard InChI is InChI=1S/C18H17F3N2O4/c1-4-9-7-12(14(27-3)8-13(9)26-2)23-11-6-5-10(18(19,20)21)16(24)15(11)22-17(23)25/h5-8,24H,4H2,1-3H3,(H,22,25). The molecular formula is C18H17F3N2O4. The molecule has 0 atom stereocenters. The molecule has 0 spiro atoms. The van der Waals surface area contributed by atoms with Crippen LogP contribution in [0.5, 0.6) is 17.2 Å². The van der Waals surface area contributed by atoms with Gasteiger partial charge in [-0.2, -0.15) is 13.2 Å². The first-order chi connectivity index (χ1) is 12.7. The SMILES string of the molecule is CCc1cc(-n2c(=O)[nH]c3c(O)c(C(F)(F)F)ccc32)c(OC)cc1OC. The number of methoxy groups -OCH3 is 2. The molecule has 3 aromatic rings. The highest BCUT2D eigenvalue weighted by Crippen LogP contribution is 2.40. The van der Waals surface area contributed by atoms with E-state index in [4.69, 9.17) is 9.47 Å². The maximum absolute atomic E-state index is 13.0. The minimum atomic E-state index is -4.75. The third kappa shape index (κ3) is 2.98. The van der Waals surface area contributed by atoms with Gasteiger partial charge in [0.05, 0.1) is 31.0 Å². The number of aromatic amines is 1. The molecule has 0 aliphatic carbocycles. The number of halogens is 3. The van der Waals surface area contributed by atoms with E-state index < -0.39 is 23.2 Å². The summed E-state index contributed by atoms with van der Waals surface area (Å²) in [6.07, 6.45) is -4.15. The number of alkyl halides is 3. The highest BCUT2D eigenvalue weighted by molar-refractivity contribution is 5.85. The average Bonchev–Trinajstić information content (AvgIpc) is 2.96. The van der Waals surface area contributed by atoms with Crippen molar-refractivity contribution in [2.24, 2.45) is 0 Å². The third-order valence-electron chi connectivity index (χ3n) is 4.34. The third-order valence-corrected chi connectivity index (χ3v) is 4.34. The van der Waals surface area contributed by atoms with Crippen LogP contribution in [0.15, 0.2) is 29.1 Å². The van der Waals surface area contributed by atoms with E-state index >= 15 is 0 Å². The van der Waals surface area contributed by atoms with Crippen molar-refractivity contribution in [2.45, 2.75) is 19.5 Å². The lowest BCUT2D eigenvalue weighted by Crippen LogP contribution is -2.16. The van der Waals surface area contributed by atoms with Gasteiger partial charge in [-0.15, -0.1) is 0 Å². The van der Waals surface area contributed by atoms with Gasteiger partial charge >= 0.3 is 11.9 Å². The number of aryl methyl sites for hydroxylation is 1. The number of aromatic nitrogens is 2. The molecule has 0 aliphatic rings. The summed E-state index contributed by atoms with van der Waals surface area (Å²) in [7, 11) is 2.91. The number of nitrogens with zero attached hydrogens (tertiary/aromatic N) is 1. The molecule has 3 rings (SSSR count). The Morgan fingerprint density at radius 3 is 2.37 bits per heavy atom. The lowest BCUT2D eigenvalue weighted by atomic mass is 10.1. The minimum absolute atomic E-state index is 0.0935. The number of fused-ring (bicyclic) bond motifs is 1. The van der Waals surface area contributed by atoms with Crippen molar-refractivity contribution in [1.29, 1.82) is 0 Å². The zero-order valence-electron chi connectivity index (χ0n) is 14.8. The van der Waals surface area contributed by atoms with Gasteiger partial charge in [0.2, 0.25) is 0 Å². The molecule has 0 radical (unpaired) electrons. The van der Waals surface area contributed by atoms with Crippen molar-refractivity contribution >= 4 is 11.0 Å². The van der Waals surface area contributed by atoms with Gasteiger partial charge in [0.25, 0.3) is 0 Å². The molecule has 27 heavy (non-hydrogen) atoms. The predicted octanol–water partition coefficient (Wildman–Crippen LogP) is 3.62. The smallest absolute Gasteiger partial charge is 0.420 e. The minimum Gasteiger partial charge on any atom is -0.505 e. The molecule has 0 unspecified atom stereocenters. The van der Waals surface area contributed by atoms with Crippen LogP contribution in [0.2, 0.25) is 0 Å². The van der Waals surface area contributed by atoms with Crippen molar-refractivity contribution in [3.8, 4) is 22.9 Å². The van der Waals surface area contributed by atoms with Crippen LogP contribution in [-0.4, -0.2) is 28.9 Å². The Morgan fingerprint density at radius 2 is 1.81 bits per heavy atom. The molecule has 2 aromatic carbocycles. The van der Waals surface area contributed by atoms with Gasteiger partial charge in [0.15, 0.2) is 5.75 Å². The topological polar surface area (TPSA) is 76.5 Å². The first-order valence-corrected chi connectivity index (χ1v) is 8.02. The summed E-state index contributed by atoms with van der Waals surface area (Å²) in [4.78, 5) is 14.8. The van der Waals surface area contributed by atoms with Crippen LogP contribution in [0.3, 0.4) is 0 Å². The van der Waals surface area contributed by atoms with Gasteiger partial charge in [-0.1, -0.05) is 6.92 Å². The number of hydrogen-bond acceptors (Lipinski definition) is 4. The van der Waals surface area contributed by atoms with E-state index in [2.05, 4.69) is 4.98 Å². The zero-order chi connectivity index (χ0) is 19.9. The number of aromatic hydroxyl groups is 1. The molecule has 0 aliphatic heterocycles. The van der Waals surface area contributed by atoms with E-state index in [1.807, 2.05) is 6.92 Å². The molecule has 0 amide bonds. The number of ether oxygens (including phenoxy) is 2. The average molecular weight is 382 g/mol. The molecule has 2 N–H and O–H groups in total. The molecule has 6 nitrogen and oxygen atoms in total. The van der Waals surface area contributed by atoms with E-state index in [1.54, 1.807) is 12.1 Å². The fourth-order valence-corrected chi connectivity index (χ4v) is 3.03. The van der Waals surface area contributed by atoms with Crippen LogP contribution in [-0.2, 0) is 12.6 Å². The van der Waals surface area contributed by atoms with Crippen LogP contribution in [0, 0.1) is 0 Å². The Bertz CT molecular complexity index is 1070. The summed E-state index contributed by atoms with van der Waals surface area (Å²) >= 11 is 0. The number of H-pyrrole nitrogens is 1. The molecule has 0 fully saturated rings. The zero-order valence-corrected chi connectivity index (χ0v) is 14.8. The number of phenolic OH excluding ortho intramolecular Hbond substituents is 1. The lowest BCUT2D eigenvalue weighted by Gasteiger charge is -2.15. The molecule has 1 heterocycles. The van der Waals surface area contributed by atoms with E-state index in [0.29, 0.717) is 23.6 Å². The first kappa shape index (κ1) is 18.7. The molecule has 0 bridgehead atoms. The van der Waals surface area contributed by atoms with Crippen molar-refractivity contribution in [2.75, 3.05) is 14.2 Å². The molecular weight excluding hydrogens is 365 g/mol. The molecule has 0 saturated heterocycles. The van der Waals surface area contributed by atoms with Crippen LogP contribution >= 0.6 is 0 Å². The largest absolute Gasteiger partial charge is 0.505 e. The van der Waals surface area contributed by atoms with Crippen molar-refractivity contribution < 1.29 is 27.8 Å². The predicted molar refractivity (Wildman–Crippen MR) is 93.0 cm³/mol. The van der Waals surface area contributed by atoms with E-state index in [1.165, 1.54) is 14.2 Å². The lowest BCUT2D eigenvalue weighted by molar-refractivity contribution is -0.138. The summed E-state index contributed by atoms with van der Waals surface area (Å²) < 4.78 is 50.8. The monoisotopic (exact) mass is 382 g/mol. The second-order valence-corrected chi connectivity index (χ2v) is 5.81. The molecule has 144 valence electrons. The summed E-state index contributed by atoms with van der Waals surface area (Å²) in [6, 6.07) is 5.13. The number of benzene rings is 2. The Balaban J connectivity index is 2.35. The van der Waals surface area contributed by atoms with Crippen molar-refractivity contribution in [1.82, 2.24) is 9.55 Å². The van der Waals surface area contributed by atoms with Gasteiger partial charge in [-0.3, -0.25) is 4.57 Å². The Kier molecular flexibility index (Phi) is 4.54.